The van der Waals surface area contributed by atoms with Gasteiger partial charge in [0.2, 0.25) is 0 Å². The highest BCUT2D eigenvalue weighted by Crippen LogP contribution is 2.14. The number of allylic oxidation sites excluding steroid dienone is 20. The summed E-state index contributed by atoms with van der Waals surface area (Å²) in [4.78, 5) is 25.6. The highest BCUT2D eigenvalue weighted by molar-refractivity contribution is 5.70. The number of carbonyl (C=O) groups is 2. The Morgan fingerprint density at radius 3 is 1.03 bits per heavy atom. The molecule has 0 bridgehead atoms. The fraction of sp³-hybridized carbons (Fsp3) is 0.662. The molecular formula is C65H108O5. The van der Waals surface area contributed by atoms with Crippen LogP contribution in [0.3, 0.4) is 0 Å². The number of carbonyl (C=O) groups excluding carboxylic acids is 2. The molecule has 0 amide bonds. The van der Waals surface area contributed by atoms with E-state index in [2.05, 4.69) is 142 Å². The average Bonchev–Trinajstić information content (AvgIpc) is 3.36. The fourth-order valence-corrected chi connectivity index (χ4v) is 7.70. The number of hydrogen-bond acceptors (Lipinski definition) is 5. The molecule has 0 aromatic rings. The van der Waals surface area contributed by atoms with Crippen LogP contribution >= 0.6 is 0 Å². The molecule has 0 aromatic heterocycles. The van der Waals surface area contributed by atoms with Crippen molar-refractivity contribution in [2.75, 3.05) is 19.8 Å². The third-order valence-corrected chi connectivity index (χ3v) is 12.0. The van der Waals surface area contributed by atoms with Crippen LogP contribution in [0, 0.1) is 0 Å². The Morgan fingerprint density at radius 2 is 0.643 bits per heavy atom. The summed E-state index contributed by atoms with van der Waals surface area (Å²) >= 11 is 0. The SMILES string of the molecule is CC/C=C\C/C=C\C/C=C\C/C=C\CCCCCCC(=O)OC(COCCCCCCCCCC/C=C\C/C=C\C/C=C\CC)COC(=O)CCCCCCCC/C=C\C/C=C\C/C=C\CCCCC. The molecule has 1 unspecified atom stereocenters. The minimum atomic E-state index is -0.568. The Balaban J connectivity index is 4.38. The summed E-state index contributed by atoms with van der Waals surface area (Å²) in [6, 6.07) is 0. The average molecular weight is 970 g/mol. The van der Waals surface area contributed by atoms with E-state index in [1.54, 1.807) is 0 Å². The molecule has 398 valence electrons. The molecular weight excluding hydrogens is 861 g/mol. The Hall–Kier alpha value is -3.70. The molecule has 70 heavy (non-hydrogen) atoms. The van der Waals surface area contributed by atoms with Crippen LogP contribution in [0.15, 0.2) is 122 Å². The van der Waals surface area contributed by atoms with Gasteiger partial charge < -0.3 is 14.2 Å². The van der Waals surface area contributed by atoms with Crippen molar-refractivity contribution in [3.05, 3.63) is 122 Å². The molecule has 0 fully saturated rings. The van der Waals surface area contributed by atoms with Gasteiger partial charge in [-0.05, 0) is 128 Å². The van der Waals surface area contributed by atoms with Gasteiger partial charge in [-0.3, -0.25) is 9.59 Å². The van der Waals surface area contributed by atoms with Gasteiger partial charge in [0.25, 0.3) is 0 Å². The maximum atomic E-state index is 12.9. The van der Waals surface area contributed by atoms with Gasteiger partial charge in [0.15, 0.2) is 6.10 Å². The second-order valence-electron chi connectivity index (χ2n) is 18.8. The summed E-state index contributed by atoms with van der Waals surface area (Å²) in [7, 11) is 0. The van der Waals surface area contributed by atoms with Crippen LogP contribution in [0.4, 0.5) is 0 Å². The molecule has 0 aliphatic rings. The molecule has 0 spiro atoms. The molecule has 0 aliphatic heterocycles. The molecule has 0 N–H and O–H groups in total. The summed E-state index contributed by atoms with van der Waals surface area (Å²) in [6.07, 6.45) is 83.6. The largest absolute Gasteiger partial charge is 0.462 e. The number of unbranched alkanes of at least 4 members (excludes halogenated alkanes) is 21. The van der Waals surface area contributed by atoms with Crippen LogP contribution in [-0.2, 0) is 23.8 Å². The second-order valence-corrected chi connectivity index (χ2v) is 18.8. The van der Waals surface area contributed by atoms with Gasteiger partial charge in [-0.2, -0.15) is 0 Å². The van der Waals surface area contributed by atoms with E-state index >= 15 is 0 Å². The Kier molecular flexibility index (Phi) is 56.5. The van der Waals surface area contributed by atoms with E-state index in [9.17, 15) is 9.59 Å². The molecule has 0 saturated carbocycles. The maximum absolute atomic E-state index is 12.9. The molecule has 0 rings (SSSR count). The van der Waals surface area contributed by atoms with Crippen LogP contribution in [0.1, 0.15) is 252 Å². The van der Waals surface area contributed by atoms with Crippen molar-refractivity contribution in [1.82, 2.24) is 0 Å². The first-order valence-electron chi connectivity index (χ1n) is 29.1. The molecule has 1 atom stereocenters. The standard InChI is InChI=1S/C65H108O5/c1-4-7-10-13-16-19-22-25-28-31-33-35-37-40-43-46-49-52-55-58-64(66)69-62-63(61-68-60-57-54-51-48-45-42-39-36-32-29-26-23-20-17-14-11-8-5-2)70-65(67)59-56-53-50-47-44-41-38-34-30-27-24-21-18-15-12-9-6-3/h8-9,11-12,16-21,25-30,33,35,38,41,63H,4-7,10,13-15,22-24,31-32,34,36-37,39-40,42-62H2,1-3H3/b11-8-,12-9-,19-16-,20-17-,21-18-,28-25-,29-26-,30-27-,35-33-,41-38-. The maximum Gasteiger partial charge on any atom is 0.306 e. The van der Waals surface area contributed by atoms with Crippen molar-refractivity contribution in [3.63, 3.8) is 0 Å². The van der Waals surface area contributed by atoms with E-state index in [0.717, 1.165) is 128 Å². The summed E-state index contributed by atoms with van der Waals surface area (Å²) in [5.41, 5.74) is 0. The predicted octanol–water partition coefficient (Wildman–Crippen LogP) is 20.1. The van der Waals surface area contributed by atoms with Crippen LogP contribution in [-0.4, -0.2) is 37.9 Å². The topological polar surface area (TPSA) is 61.8 Å². The summed E-state index contributed by atoms with van der Waals surface area (Å²) < 4.78 is 17.5. The van der Waals surface area contributed by atoms with E-state index in [4.69, 9.17) is 14.2 Å². The third-order valence-electron chi connectivity index (χ3n) is 12.0. The fourth-order valence-electron chi connectivity index (χ4n) is 7.70. The van der Waals surface area contributed by atoms with Crippen molar-refractivity contribution in [3.8, 4) is 0 Å². The minimum absolute atomic E-state index is 0.0582. The summed E-state index contributed by atoms with van der Waals surface area (Å²) in [5, 5.41) is 0. The van der Waals surface area contributed by atoms with Gasteiger partial charge in [0, 0.05) is 19.4 Å². The summed E-state index contributed by atoms with van der Waals surface area (Å²) in [6.45, 7) is 7.52. The van der Waals surface area contributed by atoms with E-state index in [-0.39, 0.29) is 25.2 Å². The Labute approximate surface area is 433 Å². The number of rotatable bonds is 52. The highest BCUT2D eigenvalue weighted by atomic mass is 16.6. The molecule has 0 aromatic carbocycles. The van der Waals surface area contributed by atoms with Gasteiger partial charge >= 0.3 is 11.9 Å². The van der Waals surface area contributed by atoms with E-state index in [1.807, 2.05) is 0 Å². The molecule has 0 heterocycles. The highest BCUT2D eigenvalue weighted by Gasteiger charge is 2.17. The van der Waals surface area contributed by atoms with Crippen LogP contribution in [0.2, 0.25) is 0 Å². The zero-order valence-corrected chi connectivity index (χ0v) is 45.7. The second kappa shape index (κ2) is 59.6. The molecule has 0 radical (unpaired) electrons. The van der Waals surface area contributed by atoms with Gasteiger partial charge in [-0.1, -0.05) is 232 Å². The normalized spacial score (nSPS) is 13.1. The molecule has 0 saturated heterocycles. The van der Waals surface area contributed by atoms with Gasteiger partial charge in [-0.15, -0.1) is 0 Å². The zero-order chi connectivity index (χ0) is 50.6. The monoisotopic (exact) mass is 969 g/mol. The quantitative estimate of drug-likeness (QED) is 0.0345. The lowest BCUT2D eigenvalue weighted by atomic mass is 10.1. The van der Waals surface area contributed by atoms with E-state index < -0.39 is 6.10 Å². The predicted molar refractivity (Wildman–Crippen MR) is 306 cm³/mol. The van der Waals surface area contributed by atoms with Crippen LogP contribution in [0.5, 0.6) is 0 Å². The number of esters is 2. The lowest BCUT2D eigenvalue weighted by Crippen LogP contribution is -2.30. The number of ether oxygens (including phenoxy) is 3. The van der Waals surface area contributed by atoms with Crippen molar-refractivity contribution >= 4 is 11.9 Å². The van der Waals surface area contributed by atoms with E-state index in [0.29, 0.717) is 19.4 Å². The van der Waals surface area contributed by atoms with Gasteiger partial charge in [0.1, 0.15) is 6.61 Å². The first-order chi connectivity index (χ1) is 34.6. The molecule has 0 aliphatic carbocycles. The summed E-state index contributed by atoms with van der Waals surface area (Å²) in [5.74, 6) is -0.446. The number of hydrogen-bond donors (Lipinski definition) is 0. The van der Waals surface area contributed by atoms with Crippen LogP contribution in [0.25, 0.3) is 0 Å². The van der Waals surface area contributed by atoms with Crippen LogP contribution < -0.4 is 0 Å². The Bertz CT molecular complexity index is 1420. The zero-order valence-electron chi connectivity index (χ0n) is 45.7. The lowest BCUT2D eigenvalue weighted by Gasteiger charge is -2.18. The Morgan fingerprint density at radius 1 is 0.329 bits per heavy atom. The van der Waals surface area contributed by atoms with Crippen molar-refractivity contribution in [1.29, 1.82) is 0 Å². The van der Waals surface area contributed by atoms with Gasteiger partial charge in [0.05, 0.1) is 6.61 Å². The first-order valence-corrected chi connectivity index (χ1v) is 29.1. The van der Waals surface area contributed by atoms with Crippen molar-refractivity contribution < 1.29 is 23.8 Å². The smallest absolute Gasteiger partial charge is 0.306 e. The first kappa shape index (κ1) is 66.3. The lowest BCUT2D eigenvalue weighted by molar-refractivity contribution is -0.163. The minimum Gasteiger partial charge on any atom is -0.462 e. The third kappa shape index (κ3) is 56.9. The molecule has 5 nitrogen and oxygen atoms in total. The molecule has 5 heteroatoms. The van der Waals surface area contributed by atoms with Crippen molar-refractivity contribution in [2.24, 2.45) is 0 Å². The van der Waals surface area contributed by atoms with Crippen molar-refractivity contribution in [2.45, 2.75) is 258 Å². The van der Waals surface area contributed by atoms with Gasteiger partial charge in [-0.25, -0.2) is 0 Å². The van der Waals surface area contributed by atoms with E-state index in [1.165, 1.54) is 89.9 Å².